The highest BCUT2D eigenvalue weighted by Crippen LogP contribution is 2.31. The molecule has 2 fully saturated rings. The molecule has 0 radical (unpaired) electrons. The fraction of sp³-hybridized carbons (Fsp3) is 0.385. The van der Waals surface area contributed by atoms with Gasteiger partial charge in [-0.2, -0.15) is 4.98 Å². The minimum Gasteiger partial charge on any atom is -0.370 e. The lowest BCUT2D eigenvalue weighted by molar-refractivity contribution is 0.133. The molecule has 1 aromatic heterocycles. The van der Waals surface area contributed by atoms with Gasteiger partial charge < -0.3 is 25.2 Å². The minimum atomic E-state index is -3.55. The molecule has 0 spiro atoms. The summed E-state index contributed by atoms with van der Waals surface area (Å²) in [5.74, 6) is 1.06. The molecular weight excluding hydrogens is 490 g/mol. The van der Waals surface area contributed by atoms with Gasteiger partial charge >= 0.3 is 0 Å². The van der Waals surface area contributed by atoms with Crippen molar-refractivity contribution in [1.82, 2.24) is 19.6 Å². The molecule has 37 heavy (non-hydrogen) atoms. The monoisotopic (exact) mass is 521 g/mol. The number of likely N-dealkylation sites (N-methyl/N-ethyl adjacent to an activating group) is 1. The number of ether oxygens (including phenoxy) is 1. The molecule has 0 bridgehead atoms. The number of piperazine rings is 1. The number of hydrogen-bond acceptors (Lipinski definition) is 9. The Hall–Kier alpha value is -3.25. The summed E-state index contributed by atoms with van der Waals surface area (Å²) >= 11 is 0. The van der Waals surface area contributed by atoms with Crippen molar-refractivity contribution in [3.05, 3.63) is 59.8 Å². The van der Waals surface area contributed by atoms with Crippen molar-refractivity contribution in [2.45, 2.75) is 37.0 Å². The molecule has 1 saturated carbocycles. The van der Waals surface area contributed by atoms with E-state index in [9.17, 15) is 8.42 Å². The van der Waals surface area contributed by atoms with E-state index in [1.807, 2.05) is 18.2 Å². The van der Waals surface area contributed by atoms with Crippen molar-refractivity contribution in [2.24, 2.45) is 0 Å². The van der Waals surface area contributed by atoms with Gasteiger partial charge in [-0.1, -0.05) is 6.07 Å². The third kappa shape index (κ3) is 5.54. The van der Waals surface area contributed by atoms with Crippen LogP contribution in [0.25, 0.3) is 0 Å². The Labute approximate surface area is 217 Å². The van der Waals surface area contributed by atoms with E-state index in [0.717, 1.165) is 56.0 Å². The van der Waals surface area contributed by atoms with Gasteiger partial charge in [0.15, 0.2) is 0 Å². The van der Waals surface area contributed by atoms with Crippen LogP contribution in [0.1, 0.15) is 24.1 Å². The lowest BCUT2D eigenvalue weighted by Crippen LogP contribution is -2.44. The van der Waals surface area contributed by atoms with Crippen LogP contribution in [0.5, 0.6) is 0 Å². The number of sulfonamides is 1. The van der Waals surface area contributed by atoms with E-state index in [-0.39, 0.29) is 10.9 Å². The molecule has 1 saturated heterocycles. The van der Waals surface area contributed by atoms with E-state index in [1.54, 1.807) is 18.2 Å². The predicted molar refractivity (Wildman–Crippen MR) is 143 cm³/mol. The van der Waals surface area contributed by atoms with E-state index in [4.69, 9.17) is 9.72 Å². The second-order valence-electron chi connectivity index (χ2n) is 9.82. The van der Waals surface area contributed by atoms with Gasteiger partial charge in [0.25, 0.3) is 0 Å². The van der Waals surface area contributed by atoms with E-state index >= 15 is 0 Å². The summed E-state index contributed by atoms with van der Waals surface area (Å²) in [7, 11) is -1.40. The maximum atomic E-state index is 12.7. The SMILES string of the molecule is CN1CCN(c2ccc(Nc3nc4c(c(Nc5cccc(S(=O)(=O)NC6CC6)c5)n3)COC4)cc2)CC1. The smallest absolute Gasteiger partial charge is 0.240 e. The fourth-order valence-corrected chi connectivity index (χ4v) is 5.88. The molecule has 6 rings (SSSR count). The first-order valence-electron chi connectivity index (χ1n) is 12.6. The molecule has 0 atom stereocenters. The lowest BCUT2D eigenvalue weighted by Gasteiger charge is -2.34. The number of fused-ring (bicyclic) bond motifs is 1. The Morgan fingerprint density at radius 2 is 1.70 bits per heavy atom. The van der Waals surface area contributed by atoms with Crippen molar-refractivity contribution in [3.63, 3.8) is 0 Å². The maximum Gasteiger partial charge on any atom is 0.240 e. The first-order valence-corrected chi connectivity index (χ1v) is 14.1. The highest BCUT2D eigenvalue weighted by Gasteiger charge is 2.28. The van der Waals surface area contributed by atoms with Crippen LogP contribution in [0.4, 0.5) is 28.8 Å². The maximum absolute atomic E-state index is 12.7. The van der Waals surface area contributed by atoms with E-state index < -0.39 is 10.0 Å². The molecule has 0 unspecified atom stereocenters. The zero-order valence-corrected chi connectivity index (χ0v) is 21.6. The Bertz CT molecular complexity index is 1390. The summed E-state index contributed by atoms with van der Waals surface area (Å²) in [6, 6.07) is 15.1. The molecular formula is C26H31N7O3S. The van der Waals surface area contributed by atoms with Gasteiger partial charge in [0.2, 0.25) is 16.0 Å². The van der Waals surface area contributed by atoms with Gasteiger partial charge in [0, 0.05) is 54.8 Å². The molecule has 3 aliphatic rings. The van der Waals surface area contributed by atoms with Crippen molar-refractivity contribution < 1.29 is 13.2 Å². The Morgan fingerprint density at radius 1 is 0.919 bits per heavy atom. The van der Waals surface area contributed by atoms with Gasteiger partial charge in [-0.15, -0.1) is 0 Å². The van der Waals surface area contributed by atoms with Crippen LogP contribution in [0.3, 0.4) is 0 Å². The molecule has 3 heterocycles. The van der Waals surface area contributed by atoms with Crippen LogP contribution in [0.2, 0.25) is 0 Å². The molecule has 3 N–H and O–H groups in total. The standard InChI is InChI=1S/C26H31N7O3S/c1-32-11-13-33(14-12-32)21-9-7-18(8-10-21)28-26-29-24-17-36-16-23(24)25(30-26)27-20-3-2-4-22(15-20)37(34,35)31-19-5-6-19/h2-4,7-10,15,19,31H,5-6,11-14,16-17H2,1H3,(H2,27,28,29,30). The number of nitrogens with one attached hydrogen (secondary N) is 3. The van der Waals surface area contributed by atoms with Gasteiger partial charge in [0.1, 0.15) is 5.82 Å². The zero-order valence-electron chi connectivity index (χ0n) is 20.8. The molecule has 2 aromatic carbocycles. The molecule has 1 aliphatic carbocycles. The predicted octanol–water partition coefficient (Wildman–Crippen LogP) is 3.19. The topological polar surface area (TPSA) is 112 Å². The normalized spacial score (nSPS) is 18.0. The van der Waals surface area contributed by atoms with Gasteiger partial charge in [-0.3, -0.25) is 0 Å². The first kappa shape index (κ1) is 24.1. The van der Waals surface area contributed by atoms with Crippen LogP contribution in [-0.2, 0) is 28.0 Å². The summed E-state index contributed by atoms with van der Waals surface area (Å²) in [6.07, 6.45) is 1.77. The number of hydrogen-bond donors (Lipinski definition) is 3. The second kappa shape index (κ2) is 9.90. The first-order chi connectivity index (χ1) is 17.9. The highest BCUT2D eigenvalue weighted by molar-refractivity contribution is 7.89. The Balaban J connectivity index is 1.20. The average molecular weight is 522 g/mol. The van der Waals surface area contributed by atoms with E-state index in [2.05, 4.69) is 49.3 Å². The third-order valence-electron chi connectivity index (χ3n) is 6.88. The fourth-order valence-electron chi connectivity index (χ4n) is 4.53. The molecule has 11 heteroatoms. The van der Waals surface area contributed by atoms with Crippen molar-refractivity contribution in [1.29, 1.82) is 0 Å². The molecule has 10 nitrogen and oxygen atoms in total. The van der Waals surface area contributed by atoms with E-state index in [1.165, 1.54) is 5.69 Å². The number of nitrogens with zero attached hydrogens (tertiary/aromatic N) is 4. The van der Waals surface area contributed by atoms with Crippen LogP contribution >= 0.6 is 0 Å². The average Bonchev–Trinajstić information content (AvgIpc) is 3.56. The van der Waals surface area contributed by atoms with Crippen molar-refractivity contribution in [2.75, 3.05) is 48.8 Å². The Kier molecular flexibility index (Phi) is 6.45. The molecule has 2 aliphatic heterocycles. The quantitative estimate of drug-likeness (QED) is 0.411. The highest BCUT2D eigenvalue weighted by atomic mass is 32.2. The van der Waals surface area contributed by atoms with Crippen molar-refractivity contribution >= 4 is 38.9 Å². The van der Waals surface area contributed by atoms with Gasteiger partial charge in [-0.25, -0.2) is 18.1 Å². The zero-order chi connectivity index (χ0) is 25.4. The minimum absolute atomic E-state index is 0.0492. The summed E-state index contributed by atoms with van der Waals surface area (Å²) in [5, 5.41) is 6.60. The van der Waals surface area contributed by atoms with Crippen LogP contribution in [0, 0.1) is 0 Å². The Morgan fingerprint density at radius 3 is 2.46 bits per heavy atom. The largest absolute Gasteiger partial charge is 0.370 e. The summed E-state index contributed by atoms with van der Waals surface area (Å²) < 4.78 is 33.7. The molecule has 3 aromatic rings. The molecule has 0 amide bonds. The summed E-state index contributed by atoms with van der Waals surface area (Å²) in [6.45, 7) is 4.97. The van der Waals surface area contributed by atoms with Crippen LogP contribution in [-0.4, -0.2) is 62.6 Å². The third-order valence-corrected chi connectivity index (χ3v) is 8.39. The van der Waals surface area contributed by atoms with Gasteiger partial charge in [-0.05, 0) is 62.4 Å². The second-order valence-corrected chi connectivity index (χ2v) is 11.5. The number of anilines is 5. The number of rotatable bonds is 8. The summed E-state index contributed by atoms with van der Waals surface area (Å²) in [4.78, 5) is 14.3. The van der Waals surface area contributed by atoms with Crippen LogP contribution in [0.15, 0.2) is 53.4 Å². The summed E-state index contributed by atoms with van der Waals surface area (Å²) in [5.41, 5.74) is 4.42. The van der Waals surface area contributed by atoms with Crippen molar-refractivity contribution in [3.8, 4) is 0 Å². The lowest BCUT2D eigenvalue weighted by atomic mass is 10.2. The van der Waals surface area contributed by atoms with Gasteiger partial charge in [0.05, 0.1) is 23.8 Å². The molecule has 194 valence electrons. The van der Waals surface area contributed by atoms with Crippen LogP contribution < -0.4 is 20.3 Å². The van der Waals surface area contributed by atoms with E-state index in [0.29, 0.717) is 30.7 Å². The number of benzene rings is 2. The number of aromatic nitrogens is 2.